The Morgan fingerprint density at radius 1 is 1.71 bits per heavy atom. The molecule has 5 heteroatoms. The molecular weight excluding hydrogens is 182 g/mol. The first kappa shape index (κ1) is 10.7. The number of carbonyl (C=O) groups excluding carboxylic acids is 1. The number of hydrazine groups is 1. The van der Waals surface area contributed by atoms with Gasteiger partial charge in [-0.05, 0) is 19.7 Å². The van der Waals surface area contributed by atoms with Gasteiger partial charge in [0, 0.05) is 0 Å². The first-order valence-electron chi connectivity index (χ1n) is 4.44. The number of furan rings is 1. The van der Waals surface area contributed by atoms with Crippen molar-refractivity contribution in [1.82, 2.24) is 10.3 Å². The van der Waals surface area contributed by atoms with E-state index < -0.39 is 0 Å². The van der Waals surface area contributed by atoms with Gasteiger partial charge < -0.3 is 4.42 Å². The third-order valence-corrected chi connectivity index (χ3v) is 2.01. The molecule has 1 aromatic rings. The summed E-state index contributed by atoms with van der Waals surface area (Å²) in [5, 5.41) is 0. The van der Waals surface area contributed by atoms with Crippen LogP contribution in [0.15, 0.2) is 16.7 Å². The topological polar surface area (TPSA) is 71.5 Å². The van der Waals surface area contributed by atoms with Crippen molar-refractivity contribution in [3.8, 4) is 0 Å². The summed E-state index contributed by atoms with van der Waals surface area (Å²) < 4.78 is 5.20. The fourth-order valence-electron chi connectivity index (χ4n) is 1.04. The number of hydrogen-bond acceptors (Lipinski definition) is 4. The summed E-state index contributed by atoms with van der Waals surface area (Å²) in [5.74, 6) is 5.41. The van der Waals surface area contributed by atoms with E-state index in [0.29, 0.717) is 12.1 Å². The minimum Gasteiger partial charge on any atom is -0.467 e. The zero-order chi connectivity index (χ0) is 10.6. The van der Waals surface area contributed by atoms with Crippen LogP contribution in [0.4, 0.5) is 0 Å². The molecule has 0 aliphatic heterocycles. The van der Waals surface area contributed by atoms with Gasteiger partial charge in [0.05, 0.1) is 12.1 Å². The van der Waals surface area contributed by atoms with Gasteiger partial charge in [-0.1, -0.05) is 6.92 Å². The smallest absolute Gasteiger partial charge is 0.268 e. The third-order valence-electron chi connectivity index (χ3n) is 2.01. The lowest BCUT2D eigenvalue weighted by Crippen LogP contribution is -2.29. The molecule has 0 aromatic carbocycles. The standard InChI is InChI=1S/C9H15N3O2/c1-3-12(2)5-8-4-7(6-14-8)9(13)11-10/h4,6H,3,5,10H2,1-2H3,(H,11,13). The van der Waals surface area contributed by atoms with Gasteiger partial charge in [0.15, 0.2) is 0 Å². The van der Waals surface area contributed by atoms with Gasteiger partial charge in [-0.25, -0.2) is 5.84 Å². The molecular formula is C9H15N3O2. The molecule has 5 nitrogen and oxygen atoms in total. The van der Waals surface area contributed by atoms with Crippen LogP contribution in [0.25, 0.3) is 0 Å². The Morgan fingerprint density at radius 3 is 3.00 bits per heavy atom. The molecule has 3 N–H and O–H groups in total. The summed E-state index contributed by atoms with van der Waals surface area (Å²) in [4.78, 5) is 13.1. The van der Waals surface area contributed by atoms with Gasteiger partial charge in [0.2, 0.25) is 0 Å². The summed E-state index contributed by atoms with van der Waals surface area (Å²) in [6.07, 6.45) is 1.40. The maximum atomic E-state index is 11.1. The lowest BCUT2D eigenvalue weighted by molar-refractivity contribution is 0.0953. The molecule has 14 heavy (non-hydrogen) atoms. The summed E-state index contributed by atoms with van der Waals surface area (Å²) >= 11 is 0. The zero-order valence-corrected chi connectivity index (χ0v) is 8.41. The Morgan fingerprint density at radius 2 is 2.43 bits per heavy atom. The Hall–Kier alpha value is -1.33. The quantitative estimate of drug-likeness (QED) is 0.414. The van der Waals surface area contributed by atoms with E-state index >= 15 is 0 Å². The highest BCUT2D eigenvalue weighted by Crippen LogP contribution is 2.09. The second-order valence-electron chi connectivity index (χ2n) is 3.11. The monoisotopic (exact) mass is 197 g/mol. The first-order chi connectivity index (χ1) is 6.67. The molecule has 0 aliphatic rings. The number of nitrogen functional groups attached to an aromatic ring is 1. The minimum absolute atomic E-state index is 0.334. The van der Waals surface area contributed by atoms with Crippen LogP contribution in [0.2, 0.25) is 0 Å². The van der Waals surface area contributed by atoms with Crippen molar-refractivity contribution in [2.24, 2.45) is 5.84 Å². The second-order valence-corrected chi connectivity index (χ2v) is 3.11. The maximum Gasteiger partial charge on any atom is 0.268 e. The molecule has 0 saturated carbocycles. The molecule has 1 rings (SSSR count). The highest BCUT2D eigenvalue weighted by molar-refractivity contribution is 5.93. The van der Waals surface area contributed by atoms with E-state index in [1.165, 1.54) is 6.26 Å². The lowest BCUT2D eigenvalue weighted by Gasteiger charge is -2.10. The van der Waals surface area contributed by atoms with Crippen molar-refractivity contribution in [3.63, 3.8) is 0 Å². The van der Waals surface area contributed by atoms with Gasteiger partial charge in [0.1, 0.15) is 12.0 Å². The molecule has 0 bridgehead atoms. The molecule has 1 amide bonds. The van der Waals surface area contributed by atoms with E-state index in [4.69, 9.17) is 10.3 Å². The Labute approximate surface area is 82.8 Å². The highest BCUT2D eigenvalue weighted by atomic mass is 16.3. The summed E-state index contributed by atoms with van der Waals surface area (Å²) in [6.45, 7) is 3.67. The van der Waals surface area contributed by atoms with Crippen molar-refractivity contribution in [2.75, 3.05) is 13.6 Å². The number of nitrogens with two attached hydrogens (primary N) is 1. The summed E-state index contributed by atoms with van der Waals surface area (Å²) in [7, 11) is 1.98. The average Bonchev–Trinajstić information content (AvgIpc) is 2.65. The van der Waals surface area contributed by atoms with Crippen molar-refractivity contribution in [2.45, 2.75) is 13.5 Å². The second kappa shape index (κ2) is 4.78. The number of nitrogens with one attached hydrogen (secondary N) is 1. The zero-order valence-electron chi connectivity index (χ0n) is 8.41. The number of nitrogens with zero attached hydrogens (tertiary/aromatic N) is 1. The van der Waals surface area contributed by atoms with Gasteiger partial charge in [-0.3, -0.25) is 15.1 Å². The van der Waals surface area contributed by atoms with Crippen LogP contribution in [-0.4, -0.2) is 24.4 Å². The fourth-order valence-corrected chi connectivity index (χ4v) is 1.04. The van der Waals surface area contributed by atoms with Crippen molar-refractivity contribution in [1.29, 1.82) is 0 Å². The Kier molecular flexibility index (Phi) is 3.67. The number of amides is 1. The predicted octanol–water partition coefficient (Wildman–Crippen LogP) is 0.335. The molecule has 78 valence electrons. The van der Waals surface area contributed by atoms with Gasteiger partial charge in [0.25, 0.3) is 5.91 Å². The summed E-state index contributed by atoms with van der Waals surface area (Å²) in [5.41, 5.74) is 2.50. The number of hydrogen-bond donors (Lipinski definition) is 2. The summed E-state index contributed by atoms with van der Waals surface area (Å²) in [6, 6.07) is 1.69. The number of carbonyl (C=O) groups is 1. The van der Waals surface area contributed by atoms with E-state index in [1.54, 1.807) is 6.07 Å². The van der Waals surface area contributed by atoms with Gasteiger partial charge >= 0.3 is 0 Å². The predicted molar refractivity (Wildman–Crippen MR) is 52.4 cm³/mol. The van der Waals surface area contributed by atoms with E-state index in [0.717, 1.165) is 12.3 Å². The Balaban J connectivity index is 2.63. The Bertz CT molecular complexity index is 309. The fraction of sp³-hybridized carbons (Fsp3) is 0.444. The van der Waals surface area contributed by atoms with Crippen LogP contribution in [0.1, 0.15) is 23.0 Å². The molecule has 0 aliphatic carbocycles. The molecule has 1 aromatic heterocycles. The van der Waals surface area contributed by atoms with Crippen LogP contribution in [0.3, 0.4) is 0 Å². The number of rotatable bonds is 4. The minimum atomic E-state index is -0.334. The van der Waals surface area contributed by atoms with Crippen LogP contribution in [0.5, 0.6) is 0 Å². The van der Waals surface area contributed by atoms with E-state index in [9.17, 15) is 4.79 Å². The van der Waals surface area contributed by atoms with Crippen molar-refractivity contribution >= 4 is 5.91 Å². The SMILES string of the molecule is CCN(C)Cc1cc(C(=O)NN)co1. The molecule has 0 spiro atoms. The van der Waals surface area contributed by atoms with E-state index in [1.807, 2.05) is 12.5 Å². The van der Waals surface area contributed by atoms with Crippen molar-refractivity contribution in [3.05, 3.63) is 23.7 Å². The van der Waals surface area contributed by atoms with E-state index in [2.05, 4.69) is 11.8 Å². The highest BCUT2D eigenvalue weighted by Gasteiger charge is 2.09. The average molecular weight is 197 g/mol. The molecule has 0 radical (unpaired) electrons. The normalized spacial score (nSPS) is 10.6. The first-order valence-corrected chi connectivity index (χ1v) is 4.44. The molecule has 0 saturated heterocycles. The van der Waals surface area contributed by atoms with Crippen LogP contribution in [-0.2, 0) is 6.54 Å². The van der Waals surface area contributed by atoms with Crippen LogP contribution >= 0.6 is 0 Å². The molecule has 0 atom stereocenters. The lowest BCUT2D eigenvalue weighted by atomic mass is 10.3. The molecule has 1 heterocycles. The van der Waals surface area contributed by atoms with Crippen molar-refractivity contribution < 1.29 is 9.21 Å². The van der Waals surface area contributed by atoms with E-state index in [-0.39, 0.29) is 5.91 Å². The van der Waals surface area contributed by atoms with Crippen LogP contribution < -0.4 is 11.3 Å². The van der Waals surface area contributed by atoms with Gasteiger partial charge in [-0.15, -0.1) is 0 Å². The molecule has 0 unspecified atom stereocenters. The maximum absolute atomic E-state index is 11.1. The van der Waals surface area contributed by atoms with Crippen LogP contribution in [0, 0.1) is 0 Å². The largest absolute Gasteiger partial charge is 0.467 e. The van der Waals surface area contributed by atoms with Gasteiger partial charge in [-0.2, -0.15) is 0 Å². The third kappa shape index (κ3) is 2.58. The molecule has 0 fully saturated rings.